The van der Waals surface area contributed by atoms with Crippen LogP contribution in [0.3, 0.4) is 0 Å². The summed E-state index contributed by atoms with van der Waals surface area (Å²) >= 11 is 0. The minimum atomic E-state index is -0.872. The summed E-state index contributed by atoms with van der Waals surface area (Å²) in [7, 11) is 0. The van der Waals surface area contributed by atoms with Crippen LogP contribution in [0.1, 0.15) is 40.5 Å². The second-order valence-electron chi connectivity index (χ2n) is 6.18. The van der Waals surface area contributed by atoms with E-state index in [0.29, 0.717) is 13.0 Å². The lowest BCUT2D eigenvalue weighted by molar-refractivity contribution is -0.142. The largest absolute Gasteiger partial charge is 0.481 e. The molecule has 0 bridgehead atoms. The Hall–Kier alpha value is -1.30. The van der Waals surface area contributed by atoms with Gasteiger partial charge in [-0.25, -0.2) is 4.79 Å². The van der Waals surface area contributed by atoms with Gasteiger partial charge in [-0.2, -0.15) is 0 Å². The number of carboxylic acid groups (broad SMARTS) is 1. The summed E-state index contributed by atoms with van der Waals surface area (Å²) in [5, 5.41) is 14.7. The number of carboxylic acids is 1. The van der Waals surface area contributed by atoms with E-state index in [1.807, 2.05) is 27.7 Å². The van der Waals surface area contributed by atoms with Crippen molar-refractivity contribution >= 4 is 12.0 Å². The molecule has 1 fully saturated rings. The quantitative estimate of drug-likeness (QED) is 0.692. The van der Waals surface area contributed by atoms with E-state index in [1.54, 1.807) is 0 Å². The van der Waals surface area contributed by atoms with Crippen LogP contribution in [0, 0.1) is 11.8 Å². The molecule has 0 saturated carbocycles. The zero-order valence-electron chi connectivity index (χ0n) is 12.7. The molecule has 1 aliphatic heterocycles. The van der Waals surface area contributed by atoms with Crippen molar-refractivity contribution in [3.05, 3.63) is 0 Å². The minimum Gasteiger partial charge on any atom is -0.481 e. The number of carbonyl (C=O) groups is 2. The van der Waals surface area contributed by atoms with E-state index in [2.05, 4.69) is 10.6 Å². The second kappa shape index (κ2) is 6.92. The Morgan fingerprint density at radius 3 is 2.55 bits per heavy atom. The van der Waals surface area contributed by atoms with Gasteiger partial charge in [0.2, 0.25) is 0 Å². The van der Waals surface area contributed by atoms with Crippen molar-refractivity contribution in [2.45, 2.75) is 52.2 Å². The number of amides is 2. The number of hydrogen-bond acceptors (Lipinski definition) is 3. The standard InChI is InChI=1S/C14H26N2O4/c1-9(2)7-11(12(17)18)8-15-13(19)16-14(4)5-6-20-10(14)3/h9-11H,5-8H2,1-4H3,(H,17,18)(H2,15,16,19). The zero-order valence-corrected chi connectivity index (χ0v) is 12.7. The molecule has 3 N–H and O–H groups in total. The van der Waals surface area contributed by atoms with Crippen LogP contribution in [0.2, 0.25) is 0 Å². The third-order valence-corrected chi connectivity index (χ3v) is 3.90. The van der Waals surface area contributed by atoms with E-state index in [9.17, 15) is 9.59 Å². The highest BCUT2D eigenvalue weighted by molar-refractivity contribution is 5.76. The molecule has 1 heterocycles. The Bertz CT molecular complexity index is 359. The van der Waals surface area contributed by atoms with Gasteiger partial charge >= 0.3 is 12.0 Å². The number of nitrogens with one attached hydrogen (secondary N) is 2. The summed E-state index contributed by atoms with van der Waals surface area (Å²) in [4.78, 5) is 23.0. The van der Waals surface area contributed by atoms with Gasteiger partial charge in [0.15, 0.2) is 0 Å². The fourth-order valence-electron chi connectivity index (χ4n) is 2.36. The van der Waals surface area contributed by atoms with Crippen molar-refractivity contribution in [3.8, 4) is 0 Å². The first-order valence-electron chi connectivity index (χ1n) is 7.15. The zero-order chi connectivity index (χ0) is 15.3. The summed E-state index contributed by atoms with van der Waals surface area (Å²) in [6.45, 7) is 8.57. The molecule has 116 valence electrons. The van der Waals surface area contributed by atoms with Gasteiger partial charge in [0.05, 0.1) is 17.6 Å². The fourth-order valence-corrected chi connectivity index (χ4v) is 2.36. The van der Waals surface area contributed by atoms with Gasteiger partial charge in [-0.15, -0.1) is 0 Å². The highest BCUT2D eigenvalue weighted by atomic mass is 16.5. The van der Waals surface area contributed by atoms with Gasteiger partial charge in [-0.3, -0.25) is 4.79 Å². The Labute approximate surface area is 120 Å². The molecule has 3 unspecified atom stereocenters. The molecule has 6 heteroatoms. The number of rotatable bonds is 6. The summed E-state index contributed by atoms with van der Waals surface area (Å²) in [5.74, 6) is -1.14. The normalized spacial score (nSPS) is 27.4. The molecule has 3 atom stereocenters. The molecule has 20 heavy (non-hydrogen) atoms. The van der Waals surface area contributed by atoms with Crippen LogP contribution in [-0.4, -0.2) is 41.9 Å². The molecule has 1 aliphatic rings. The molecule has 0 aromatic rings. The molecule has 1 saturated heterocycles. The second-order valence-corrected chi connectivity index (χ2v) is 6.18. The smallest absolute Gasteiger partial charge is 0.315 e. The maximum Gasteiger partial charge on any atom is 0.315 e. The molecule has 0 radical (unpaired) electrons. The summed E-state index contributed by atoms with van der Waals surface area (Å²) in [6.07, 6.45) is 1.27. The van der Waals surface area contributed by atoms with Crippen molar-refractivity contribution in [3.63, 3.8) is 0 Å². The first-order valence-corrected chi connectivity index (χ1v) is 7.15. The van der Waals surface area contributed by atoms with Crippen molar-refractivity contribution in [1.82, 2.24) is 10.6 Å². The van der Waals surface area contributed by atoms with Crippen LogP contribution in [0.4, 0.5) is 4.79 Å². The summed E-state index contributed by atoms with van der Waals surface area (Å²) in [6, 6.07) is -0.333. The van der Waals surface area contributed by atoms with E-state index in [-0.39, 0.29) is 30.1 Å². The first-order chi connectivity index (χ1) is 9.24. The third-order valence-electron chi connectivity index (χ3n) is 3.90. The fraction of sp³-hybridized carbons (Fsp3) is 0.857. The summed E-state index contributed by atoms with van der Waals surface area (Å²) < 4.78 is 5.45. The molecule has 0 aliphatic carbocycles. The Morgan fingerprint density at radius 2 is 2.10 bits per heavy atom. The topological polar surface area (TPSA) is 87.7 Å². The van der Waals surface area contributed by atoms with E-state index in [4.69, 9.17) is 9.84 Å². The molecule has 2 amide bonds. The molecular formula is C14H26N2O4. The van der Waals surface area contributed by atoms with Crippen molar-refractivity contribution in [2.24, 2.45) is 11.8 Å². The van der Waals surface area contributed by atoms with Gasteiger partial charge in [0.25, 0.3) is 0 Å². The lowest BCUT2D eigenvalue weighted by atomic mass is 9.95. The third kappa shape index (κ3) is 4.67. The average Bonchev–Trinajstić information content (AvgIpc) is 2.64. The van der Waals surface area contributed by atoms with Gasteiger partial charge in [0, 0.05) is 13.2 Å². The van der Waals surface area contributed by atoms with Gasteiger partial charge < -0.3 is 20.5 Å². The van der Waals surface area contributed by atoms with Crippen LogP contribution < -0.4 is 10.6 Å². The number of urea groups is 1. The molecule has 0 aromatic heterocycles. The van der Waals surface area contributed by atoms with Crippen LogP contribution >= 0.6 is 0 Å². The average molecular weight is 286 g/mol. The molecule has 0 spiro atoms. The minimum absolute atomic E-state index is 0.0424. The molecular weight excluding hydrogens is 260 g/mol. The van der Waals surface area contributed by atoms with E-state index < -0.39 is 11.9 Å². The van der Waals surface area contributed by atoms with Gasteiger partial charge in [0.1, 0.15) is 0 Å². The first kappa shape index (κ1) is 16.8. The highest BCUT2D eigenvalue weighted by Gasteiger charge is 2.38. The van der Waals surface area contributed by atoms with Crippen LogP contribution in [-0.2, 0) is 9.53 Å². The van der Waals surface area contributed by atoms with E-state index >= 15 is 0 Å². The number of hydrogen-bond donors (Lipinski definition) is 3. The van der Waals surface area contributed by atoms with E-state index in [1.165, 1.54) is 0 Å². The lowest BCUT2D eigenvalue weighted by Gasteiger charge is -2.29. The van der Waals surface area contributed by atoms with Crippen LogP contribution in [0.25, 0.3) is 0 Å². The monoisotopic (exact) mass is 286 g/mol. The summed E-state index contributed by atoms with van der Waals surface area (Å²) in [5.41, 5.74) is -0.388. The maximum absolute atomic E-state index is 11.9. The number of ether oxygens (including phenoxy) is 1. The molecule has 6 nitrogen and oxygen atoms in total. The number of carbonyl (C=O) groups excluding carboxylic acids is 1. The Balaban J connectivity index is 2.43. The molecule has 1 rings (SSSR count). The lowest BCUT2D eigenvalue weighted by Crippen LogP contribution is -2.54. The predicted octanol–water partition coefficient (Wildman–Crippen LogP) is 1.60. The highest BCUT2D eigenvalue weighted by Crippen LogP contribution is 2.24. The van der Waals surface area contributed by atoms with Crippen molar-refractivity contribution in [1.29, 1.82) is 0 Å². The SMILES string of the molecule is CC(C)CC(CNC(=O)NC1(C)CCOC1C)C(=O)O. The van der Waals surface area contributed by atoms with Gasteiger partial charge in [-0.05, 0) is 32.6 Å². The van der Waals surface area contributed by atoms with Crippen LogP contribution in [0.5, 0.6) is 0 Å². The van der Waals surface area contributed by atoms with Gasteiger partial charge in [-0.1, -0.05) is 13.8 Å². The number of aliphatic carboxylic acids is 1. The van der Waals surface area contributed by atoms with E-state index in [0.717, 1.165) is 6.42 Å². The predicted molar refractivity (Wildman–Crippen MR) is 75.6 cm³/mol. The Kier molecular flexibility index (Phi) is 5.80. The van der Waals surface area contributed by atoms with Crippen molar-refractivity contribution in [2.75, 3.05) is 13.2 Å². The van der Waals surface area contributed by atoms with Crippen molar-refractivity contribution < 1.29 is 19.4 Å². The Morgan fingerprint density at radius 1 is 1.45 bits per heavy atom. The molecule has 0 aromatic carbocycles. The maximum atomic E-state index is 11.9. The van der Waals surface area contributed by atoms with Crippen LogP contribution in [0.15, 0.2) is 0 Å².